The molecule has 0 aromatic carbocycles. The Balaban J connectivity index is 1.78. The van der Waals surface area contributed by atoms with Gasteiger partial charge < -0.3 is 18.5 Å². The third-order valence-corrected chi connectivity index (χ3v) is 4.33. The predicted octanol–water partition coefficient (Wildman–Crippen LogP) is 3.76. The average Bonchev–Trinajstić information content (AvgIpc) is 3.37. The smallest absolute Gasteiger partial charge is 0.363 e. The molecular weight excluding hydrogens is 440 g/mol. The lowest BCUT2D eigenvalue weighted by Crippen LogP contribution is -2.37. The van der Waals surface area contributed by atoms with Crippen molar-refractivity contribution in [3.8, 4) is 11.5 Å². The van der Waals surface area contributed by atoms with Crippen molar-refractivity contribution < 1.29 is 44.7 Å². The van der Waals surface area contributed by atoms with Crippen molar-refractivity contribution in [2.45, 2.75) is 38.7 Å². The van der Waals surface area contributed by atoms with E-state index in [4.69, 9.17) is 4.52 Å². The number of aromatic nitrogens is 4. The molecule has 1 unspecified atom stereocenters. The van der Waals surface area contributed by atoms with Crippen LogP contribution in [0.2, 0.25) is 0 Å². The largest absolute Gasteiger partial charge is 0.453 e. The van der Waals surface area contributed by atoms with Crippen LogP contribution in [0.25, 0.3) is 11.5 Å². The number of aryl methyl sites for hydroxylation is 1. The van der Waals surface area contributed by atoms with E-state index in [1.54, 1.807) is 0 Å². The molecule has 0 aliphatic heterocycles. The van der Waals surface area contributed by atoms with Gasteiger partial charge in [0.15, 0.2) is 11.5 Å². The van der Waals surface area contributed by atoms with E-state index in [1.807, 2.05) is 0 Å². The van der Waals surface area contributed by atoms with Gasteiger partial charge in [-0.2, -0.15) is 31.3 Å². The monoisotopic (exact) mass is 453 g/mol. The molecule has 9 nitrogen and oxygen atoms in total. The Bertz CT molecular complexity index is 1080. The van der Waals surface area contributed by atoms with Crippen LogP contribution >= 0.6 is 0 Å². The summed E-state index contributed by atoms with van der Waals surface area (Å²) >= 11 is 0. The lowest BCUT2D eigenvalue weighted by molar-refractivity contribution is -0.155. The Morgan fingerprint density at radius 2 is 1.77 bits per heavy atom. The zero-order chi connectivity index (χ0) is 23.1. The Hall–Kier alpha value is -3.39. The Morgan fingerprint density at radius 3 is 2.39 bits per heavy atom. The fraction of sp³-hybridized carbons (Fsp3) is 0.438. The molecule has 0 radical (unpaired) electrons. The number of alkyl halides is 6. The molecule has 0 bridgehead atoms. The van der Waals surface area contributed by atoms with Gasteiger partial charge in [0.2, 0.25) is 0 Å². The number of carbonyl (C=O) groups excluding carboxylic acids is 1. The standard InChI is InChI=1S/C16H13F6N5O4/c1-6(27(3)14(28)8-5-29-26-11(8)15(17,18)19)4-9-23-13(31-25-9)10-7(2)24-30-12(10)16(20,21)22/h5-6H,4H2,1-3H3. The van der Waals surface area contributed by atoms with Crippen LogP contribution in [0.5, 0.6) is 0 Å². The van der Waals surface area contributed by atoms with Crippen molar-refractivity contribution in [3.05, 3.63) is 34.8 Å². The first-order valence-electron chi connectivity index (χ1n) is 8.45. The summed E-state index contributed by atoms with van der Waals surface area (Å²) in [6, 6.07) is -0.764. The van der Waals surface area contributed by atoms with Crippen LogP contribution < -0.4 is 0 Å². The van der Waals surface area contributed by atoms with Gasteiger partial charge in [-0.25, -0.2) is 0 Å². The summed E-state index contributed by atoms with van der Waals surface area (Å²) in [4.78, 5) is 17.2. The van der Waals surface area contributed by atoms with Crippen LogP contribution in [0.4, 0.5) is 26.3 Å². The Morgan fingerprint density at radius 1 is 1.10 bits per heavy atom. The van der Waals surface area contributed by atoms with E-state index in [0.29, 0.717) is 6.26 Å². The maximum atomic E-state index is 13.0. The summed E-state index contributed by atoms with van der Waals surface area (Å²) in [7, 11) is 1.23. The molecule has 0 aliphatic carbocycles. The summed E-state index contributed by atoms with van der Waals surface area (Å²) in [5.74, 6) is -3.02. The summed E-state index contributed by atoms with van der Waals surface area (Å²) in [5, 5.41) is 9.63. The van der Waals surface area contributed by atoms with Crippen molar-refractivity contribution in [3.63, 3.8) is 0 Å². The minimum Gasteiger partial charge on any atom is -0.363 e. The van der Waals surface area contributed by atoms with E-state index in [9.17, 15) is 31.1 Å². The van der Waals surface area contributed by atoms with Crippen LogP contribution in [0.1, 0.15) is 40.3 Å². The SMILES string of the molecule is Cc1noc(C(F)(F)F)c1-c1nc(CC(C)N(C)C(=O)c2conc2C(F)(F)F)no1. The number of hydrogen-bond acceptors (Lipinski definition) is 8. The molecule has 31 heavy (non-hydrogen) atoms. The predicted molar refractivity (Wildman–Crippen MR) is 86.3 cm³/mol. The number of rotatable bonds is 5. The molecule has 1 atom stereocenters. The second-order valence-electron chi connectivity index (χ2n) is 6.53. The first-order chi connectivity index (χ1) is 14.3. The molecular formula is C16H13F6N5O4. The van der Waals surface area contributed by atoms with Gasteiger partial charge in [-0.05, 0) is 13.8 Å². The van der Waals surface area contributed by atoms with Crippen molar-refractivity contribution in [2.24, 2.45) is 0 Å². The normalized spacial score (nSPS) is 13.5. The summed E-state index contributed by atoms with van der Waals surface area (Å²) in [6.07, 6.45) is -9.30. The highest BCUT2D eigenvalue weighted by Gasteiger charge is 2.42. The fourth-order valence-electron chi connectivity index (χ4n) is 2.64. The lowest BCUT2D eigenvalue weighted by Gasteiger charge is -2.23. The van der Waals surface area contributed by atoms with Gasteiger partial charge in [0.05, 0.1) is 5.69 Å². The zero-order valence-electron chi connectivity index (χ0n) is 16.0. The lowest BCUT2D eigenvalue weighted by atomic mass is 10.1. The number of carbonyl (C=O) groups is 1. The third-order valence-electron chi connectivity index (χ3n) is 4.33. The van der Waals surface area contributed by atoms with Gasteiger partial charge in [-0.1, -0.05) is 15.5 Å². The zero-order valence-corrected chi connectivity index (χ0v) is 16.0. The van der Waals surface area contributed by atoms with Gasteiger partial charge in [-0.15, -0.1) is 0 Å². The summed E-state index contributed by atoms with van der Waals surface area (Å²) in [5.41, 5.74) is -2.91. The van der Waals surface area contributed by atoms with Gasteiger partial charge in [-0.3, -0.25) is 4.79 Å². The average molecular weight is 453 g/mol. The van der Waals surface area contributed by atoms with E-state index in [1.165, 1.54) is 20.9 Å². The number of nitrogens with zero attached hydrogens (tertiary/aromatic N) is 5. The molecule has 0 saturated carbocycles. The molecule has 0 spiro atoms. The fourth-order valence-corrected chi connectivity index (χ4v) is 2.64. The summed E-state index contributed by atoms with van der Waals surface area (Å²) in [6.45, 7) is 2.73. The first kappa shape index (κ1) is 22.3. The van der Waals surface area contributed by atoms with Crippen molar-refractivity contribution in [2.75, 3.05) is 7.05 Å². The molecule has 168 valence electrons. The van der Waals surface area contributed by atoms with Crippen LogP contribution in [0.3, 0.4) is 0 Å². The Kier molecular flexibility index (Phi) is 5.54. The molecule has 0 saturated heterocycles. The highest BCUT2D eigenvalue weighted by atomic mass is 19.4. The van der Waals surface area contributed by atoms with Gasteiger partial charge in [0.1, 0.15) is 17.4 Å². The molecule has 0 fully saturated rings. The molecule has 1 amide bonds. The molecule has 3 rings (SSSR count). The quantitative estimate of drug-likeness (QED) is 0.537. The number of hydrogen-bond donors (Lipinski definition) is 0. The third kappa shape index (κ3) is 4.39. The van der Waals surface area contributed by atoms with E-state index in [2.05, 4.69) is 29.5 Å². The second kappa shape index (κ2) is 7.70. The number of amides is 1. The number of likely N-dealkylation sites (N-methyl/N-ethyl adjacent to an activating group) is 1. The van der Waals surface area contributed by atoms with Crippen LogP contribution in [-0.4, -0.2) is 44.4 Å². The molecule has 3 aromatic heterocycles. The van der Waals surface area contributed by atoms with Gasteiger partial charge in [0, 0.05) is 19.5 Å². The minimum absolute atomic E-state index is 0.0859. The highest BCUT2D eigenvalue weighted by molar-refractivity contribution is 5.95. The van der Waals surface area contributed by atoms with Crippen LogP contribution in [-0.2, 0) is 18.8 Å². The topological polar surface area (TPSA) is 111 Å². The maximum Gasteiger partial charge on any atom is 0.453 e. The molecule has 0 aliphatic rings. The van der Waals surface area contributed by atoms with E-state index in [-0.39, 0.29) is 17.9 Å². The van der Waals surface area contributed by atoms with Crippen molar-refractivity contribution in [1.82, 2.24) is 25.4 Å². The number of halogens is 6. The highest BCUT2D eigenvalue weighted by Crippen LogP contribution is 2.38. The van der Waals surface area contributed by atoms with E-state index in [0.717, 1.165) is 4.90 Å². The van der Waals surface area contributed by atoms with Crippen molar-refractivity contribution >= 4 is 5.91 Å². The first-order valence-corrected chi connectivity index (χ1v) is 8.45. The van der Waals surface area contributed by atoms with Gasteiger partial charge >= 0.3 is 12.4 Å². The minimum atomic E-state index is -4.89. The molecule has 3 heterocycles. The maximum absolute atomic E-state index is 13.0. The van der Waals surface area contributed by atoms with E-state index < -0.39 is 52.8 Å². The summed E-state index contributed by atoms with van der Waals surface area (Å²) < 4.78 is 91.3. The molecule has 15 heteroatoms. The van der Waals surface area contributed by atoms with E-state index >= 15 is 0 Å². The molecule has 3 aromatic rings. The Labute approximate surface area is 168 Å². The van der Waals surface area contributed by atoms with Crippen molar-refractivity contribution in [1.29, 1.82) is 0 Å². The second-order valence-corrected chi connectivity index (χ2v) is 6.53. The van der Waals surface area contributed by atoms with Crippen LogP contribution in [0.15, 0.2) is 19.8 Å². The van der Waals surface area contributed by atoms with Gasteiger partial charge in [0.25, 0.3) is 17.6 Å². The molecule has 0 N–H and O–H groups in total. The van der Waals surface area contributed by atoms with Crippen LogP contribution in [0, 0.1) is 6.92 Å².